The van der Waals surface area contributed by atoms with Crippen molar-refractivity contribution in [3.05, 3.63) is 35.2 Å². The lowest BCUT2D eigenvalue weighted by Gasteiger charge is -1.92. The highest BCUT2D eigenvalue weighted by Crippen LogP contribution is 2.29. The van der Waals surface area contributed by atoms with Crippen LogP contribution in [-0.4, -0.2) is 9.97 Å². The quantitative estimate of drug-likeness (QED) is 0.782. The molecular weight excluding hydrogens is 226 g/mol. The molecule has 0 bridgehead atoms. The van der Waals surface area contributed by atoms with Gasteiger partial charge in [0.05, 0.1) is 0 Å². The van der Waals surface area contributed by atoms with E-state index in [0.29, 0.717) is 15.7 Å². The van der Waals surface area contributed by atoms with Crippen LogP contribution in [0.1, 0.15) is 4.88 Å². The normalized spacial score (nSPS) is 10.1. The number of thiocarbonyl (C=S) groups is 1. The van der Waals surface area contributed by atoms with E-state index in [4.69, 9.17) is 23.7 Å². The first-order valence-electron chi connectivity index (χ1n) is 4.30. The Labute approximate surface area is 96.8 Å². The zero-order chi connectivity index (χ0) is 10.8. The second-order valence-electron chi connectivity index (χ2n) is 2.96. The van der Waals surface area contributed by atoms with Crippen molar-refractivity contribution < 1.29 is 0 Å². The van der Waals surface area contributed by atoms with E-state index in [1.54, 1.807) is 0 Å². The lowest BCUT2D eigenvalue weighted by molar-refractivity contribution is 1.41. The van der Waals surface area contributed by atoms with Crippen LogP contribution in [0.3, 0.4) is 0 Å². The van der Waals surface area contributed by atoms with Crippen molar-refractivity contribution >= 4 is 34.4 Å². The summed E-state index contributed by atoms with van der Waals surface area (Å²) in [7, 11) is 0. The Bertz CT molecular complexity index is 491. The monoisotopic (exact) mass is 235 g/mol. The third-order valence-electron chi connectivity index (χ3n) is 1.90. The van der Waals surface area contributed by atoms with Crippen molar-refractivity contribution in [3.63, 3.8) is 0 Å². The van der Waals surface area contributed by atoms with E-state index in [1.807, 2.05) is 30.3 Å². The summed E-state index contributed by atoms with van der Waals surface area (Å²) in [5.74, 6) is 0.409. The van der Waals surface area contributed by atoms with Crippen molar-refractivity contribution in [3.8, 4) is 10.6 Å². The van der Waals surface area contributed by atoms with Gasteiger partial charge >= 0.3 is 0 Å². The Kier molecular flexibility index (Phi) is 2.66. The van der Waals surface area contributed by atoms with Gasteiger partial charge in [-0.1, -0.05) is 42.5 Å². The van der Waals surface area contributed by atoms with Gasteiger partial charge in [-0.3, -0.25) is 0 Å². The highest BCUT2D eigenvalue weighted by Gasteiger charge is 2.11. The van der Waals surface area contributed by atoms with Gasteiger partial charge in [0.15, 0.2) is 0 Å². The fourth-order valence-electron chi connectivity index (χ4n) is 1.21. The minimum Gasteiger partial charge on any atom is -0.389 e. The summed E-state index contributed by atoms with van der Waals surface area (Å²) < 4.78 is 0. The Morgan fingerprint density at radius 3 is 2.47 bits per heavy atom. The third kappa shape index (κ3) is 1.98. The van der Waals surface area contributed by atoms with Crippen molar-refractivity contribution in [2.75, 3.05) is 5.73 Å². The number of hydrogen-bond acceptors (Lipinski definition) is 4. The first kappa shape index (κ1) is 10.1. The maximum Gasteiger partial charge on any atom is 0.145 e. The number of thiazole rings is 1. The van der Waals surface area contributed by atoms with E-state index >= 15 is 0 Å². The molecule has 3 nitrogen and oxygen atoms in total. The first-order valence-corrected chi connectivity index (χ1v) is 5.52. The minimum atomic E-state index is 0.298. The molecule has 2 rings (SSSR count). The summed E-state index contributed by atoms with van der Waals surface area (Å²) in [4.78, 5) is 5.21. The number of nitrogen functional groups attached to an aromatic ring is 1. The van der Waals surface area contributed by atoms with E-state index in [1.165, 1.54) is 11.3 Å². The molecule has 0 saturated carbocycles. The zero-order valence-corrected chi connectivity index (χ0v) is 9.44. The number of aromatic nitrogens is 1. The fourth-order valence-corrected chi connectivity index (χ4v) is 2.28. The molecule has 1 aromatic heterocycles. The van der Waals surface area contributed by atoms with Crippen molar-refractivity contribution in [1.82, 2.24) is 4.98 Å². The number of rotatable bonds is 2. The maximum atomic E-state index is 5.71. The standard InChI is InChI=1S/C10H9N3S2/c11-8-7(9(12)14)15-10(13-8)6-4-2-1-3-5-6/h1-5H,11H2,(H2,12,14). The number of hydrogen-bond donors (Lipinski definition) is 2. The van der Waals surface area contributed by atoms with E-state index < -0.39 is 0 Å². The molecule has 5 heteroatoms. The van der Waals surface area contributed by atoms with Gasteiger partial charge in [0, 0.05) is 5.56 Å². The fraction of sp³-hybridized carbons (Fsp3) is 0. The molecule has 1 aromatic carbocycles. The van der Waals surface area contributed by atoms with Crippen LogP contribution >= 0.6 is 23.6 Å². The Balaban J connectivity index is 2.48. The molecule has 1 heterocycles. The molecule has 0 atom stereocenters. The Morgan fingerprint density at radius 2 is 1.93 bits per heavy atom. The highest BCUT2D eigenvalue weighted by molar-refractivity contribution is 7.81. The molecule has 0 aliphatic heterocycles. The summed E-state index contributed by atoms with van der Waals surface area (Å²) in [5, 5.41) is 0.843. The van der Waals surface area contributed by atoms with Crippen LogP contribution in [-0.2, 0) is 0 Å². The predicted molar refractivity (Wildman–Crippen MR) is 67.8 cm³/mol. The van der Waals surface area contributed by atoms with Crippen LogP contribution < -0.4 is 11.5 Å². The molecule has 76 valence electrons. The second-order valence-corrected chi connectivity index (χ2v) is 4.40. The molecule has 0 spiro atoms. The van der Waals surface area contributed by atoms with Crippen molar-refractivity contribution in [1.29, 1.82) is 0 Å². The summed E-state index contributed by atoms with van der Waals surface area (Å²) in [6.07, 6.45) is 0. The average Bonchev–Trinajstić information content (AvgIpc) is 2.62. The Morgan fingerprint density at radius 1 is 1.27 bits per heavy atom. The van der Waals surface area contributed by atoms with Gasteiger partial charge in [0.1, 0.15) is 20.7 Å². The van der Waals surface area contributed by atoms with Crippen LogP contribution in [0.25, 0.3) is 10.6 Å². The molecule has 0 unspecified atom stereocenters. The predicted octanol–water partition coefficient (Wildman–Crippen LogP) is 2.03. The van der Waals surface area contributed by atoms with Crippen LogP contribution in [0.2, 0.25) is 0 Å². The van der Waals surface area contributed by atoms with E-state index in [-0.39, 0.29) is 0 Å². The summed E-state index contributed by atoms with van der Waals surface area (Å²) in [5.41, 5.74) is 12.3. The largest absolute Gasteiger partial charge is 0.389 e. The number of nitrogens with zero attached hydrogens (tertiary/aromatic N) is 1. The van der Waals surface area contributed by atoms with Crippen LogP contribution in [0, 0.1) is 0 Å². The summed E-state index contributed by atoms with van der Waals surface area (Å²) in [6, 6.07) is 9.80. The van der Waals surface area contributed by atoms with Crippen molar-refractivity contribution in [2.24, 2.45) is 5.73 Å². The first-order chi connectivity index (χ1) is 7.18. The highest BCUT2D eigenvalue weighted by atomic mass is 32.1. The summed E-state index contributed by atoms with van der Waals surface area (Å²) >= 11 is 6.30. The number of anilines is 1. The van der Waals surface area contributed by atoms with Gasteiger partial charge in [-0.05, 0) is 0 Å². The van der Waals surface area contributed by atoms with Gasteiger partial charge < -0.3 is 11.5 Å². The van der Waals surface area contributed by atoms with Gasteiger partial charge in [-0.25, -0.2) is 4.98 Å². The van der Waals surface area contributed by atoms with Crippen LogP contribution in [0.5, 0.6) is 0 Å². The lowest BCUT2D eigenvalue weighted by Crippen LogP contribution is -2.09. The van der Waals surface area contributed by atoms with Crippen molar-refractivity contribution in [2.45, 2.75) is 0 Å². The molecule has 0 radical (unpaired) electrons. The van der Waals surface area contributed by atoms with Gasteiger partial charge in [-0.15, -0.1) is 11.3 Å². The van der Waals surface area contributed by atoms with Gasteiger partial charge in [0.2, 0.25) is 0 Å². The zero-order valence-electron chi connectivity index (χ0n) is 7.81. The second kappa shape index (κ2) is 3.96. The lowest BCUT2D eigenvalue weighted by atomic mass is 10.2. The molecular formula is C10H9N3S2. The number of benzene rings is 1. The SMILES string of the molecule is NC(=S)c1sc(-c2ccccc2)nc1N. The molecule has 2 aromatic rings. The van der Waals surface area contributed by atoms with Gasteiger partial charge in [-0.2, -0.15) is 0 Å². The van der Waals surface area contributed by atoms with E-state index in [0.717, 1.165) is 10.6 Å². The molecule has 0 saturated heterocycles. The number of nitrogens with two attached hydrogens (primary N) is 2. The van der Waals surface area contributed by atoms with Crippen LogP contribution in [0.15, 0.2) is 30.3 Å². The molecule has 0 aliphatic rings. The maximum absolute atomic E-state index is 5.71. The topological polar surface area (TPSA) is 64.9 Å². The molecule has 0 amide bonds. The Hall–Kier alpha value is -1.46. The minimum absolute atomic E-state index is 0.298. The average molecular weight is 235 g/mol. The summed E-state index contributed by atoms with van der Waals surface area (Å²) in [6.45, 7) is 0. The van der Waals surface area contributed by atoms with Gasteiger partial charge in [0.25, 0.3) is 0 Å². The van der Waals surface area contributed by atoms with E-state index in [9.17, 15) is 0 Å². The molecule has 4 N–H and O–H groups in total. The third-order valence-corrected chi connectivity index (χ3v) is 3.38. The molecule has 0 fully saturated rings. The molecule has 15 heavy (non-hydrogen) atoms. The smallest absolute Gasteiger partial charge is 0.145 e. The molecule has 0 aliphatic carbocycles. The van der Waals surface area contributed by atoms with Crippen LogP contribution in [0.4, 0.5) is 5.82 Å². The van der Waals surface area contributed by atoms with E-state index in [2.05, 4.69) is 4.98 Å².